The fourth-order valence-corrected chi connectivity index (χ4v) is 1.74. The Labute approximate surface area is 111 Å². The minimum Gasteiger partial charge on any atom is -0.448 e. The van der Waals surface area contributed by atoms with Gasteiger partial charge in [-0.3, -0.25) is 0 Å². The third-order valence-electron chi connectivity index (χ3n) is 2.41. The first-order valence-corrected chi connectivity index (χ1v) is 6.20. The molecule has 2 heterocycles. The average molecular weight is 264 g/mol. The number of hydrogen-bond acceptors (Lipinski definition) is 3. The van der Waals surface area contributed by atoms with Gasteiger partial charge >= 0.3 is 0 Å². The second-order valence-electron chi connectivity index (χ2n) is 4.02. The molecule has 6 heteroatoms. The number of furan rings is 1. The molecule has 0 saturated carbocycles. The molecule has 96 valence electrons. The number of rotatable bonds is 5. The number of nitrogens with one attached hydrogen (secondary N) is 2. The van der Waals surface area contributed by atoms with Crippen LogP contribution in [0.3, 0.4) is 0 Å². The van der Waals surface area contributed by atoms with Crippen LogP contribution in [0.25, 0.3) is 0 Å². The Morgan fingerprint density at radius 3 is 3.11 bits per heavy atom. The van der Waals surface area contributed by atoms with Gasteiger partial charge in [0, 0.05) is 31.5 Å². The van der Waals surface area contributed by atoms with Crippen molar-refractivity contribution in [1.29, 1.82) is 0 Å². The smallest absolute Gasteiger partial charge is 0.199 e. The highest BCUT2D eigenvalue weighted by molar-refractivity contribution is 7.80. The summed E-state index contributed by atoms with van der Waals surface area (Å²) in [6, 6.07) is 1.90. The summed E-state index contributed by atoms with van der Waals surface area (Å²) in [5, 5.41) is 6.70. The van der Waals surface area contributed by atoms with Gasteiger partial charge in [-0.05, 0) is 31.1 Å². The van der Waals surface area contributed by atoms with E-state index < -0.39 is 0 Å². The Kier molecular flexibility index (Phi) is 4.35. The molecule has 0 spiro atoms. The van der Waals surface area contributed by atoms with Crippen LogP contribution in [0.15, 0.2) is 35.5 Å². The minimum absolute atomic E-state index is 0.579. The van der Waals surface area contributed by atoms with Crippen molar-refractivity contribution in [3.05, 3.63) is 36.6 Å². The van der Waals surface area contributed by atoms with Crippen LogP contribution < -0.4 is 10.6 Å². The minimum atomic E-state index is 0.579. The van der Waals surface area contributed by atoms with E-state index in [1.807, 2.05) is 30.1 Å². The molecule has 2 aromatic heterocycles. The van der Waals surface area contributed by atoms with Gasteiger partial charge < -0.3 is 19.6 Å². The van der Waals surface area contributed by atoms with E-state index in [1.54, 1.807) is 12.5 Å². The first kappa shape index (κ1) is 12.6. The molecule has 0 aliphatic carbocycles. The second kappa shape index (κ2) is 6.20. The summed E-state index contributed by atoms with van der Waals surface area (Å²) in [7, 11) is 0. The Balaban J connectivity index is 1.63. The van der Waals surface area contributed by atoms with Crippen molar-refractivity contribution in [2.24, 2.45) is 0 Å². The van der Waals surface area contributed by atoms with E-state index in [0.29, 0.717) is 11.0 Å². The third kappa shape index (κ3) is 3.89. The molecule has 0 radical (unpaired) electrons. The maximum atomic E-state index is 5.25. The summed E-state index contributed by atoms with van der Waals surface area (Å²) in [4.78, 5) is 3.99. The topological polar surface area (TPSA) is 55.0 Å². The predicted octanol–water partition coefficient (Wildman–Crippen LogP) is 2.16. The lowest BCUT2D eigenvalue weighted by atomic mass is 10.4. The van der Waals surface area contributed by atoms with Crippen molar-refractivity contribution in [1.82, 2.24) is 14.9 Å². The highest BCUT2D eigenvalue weighted by atomic mass is 32.1. The molecule has 0 aliphatic rings. The molecule has 2 N–H and O–H groups in total. The maximum absolute atomic E-state index is 5.25. The van der Waals surface area contributed by atoms with Gasteiger partial charge in [-0.2, -0.15) is 0 Å². The summed E-state index contributed by atoms with van der Waals surface area (Å²) in [5.41, 5.74) is 1.07. The number of thiocarbonyl (C=S) groups is 1. The van der Waals surface area contributed by atoms with Crippen molar-refractivity contribution in [3.63, 3.8) is 0 Å². The van der Waals surface area contributed by atoms with Crippen molar-refractivity contribution >= 4 is 23.2 Å². The van der Waals surface area contributed by atoms with Crippen LogP contribution in [-0.4, -0.2) is 21.2 Å². The fraction of sp³-hybridized carbons (Fsp3) is 0.333. The van der Waals surface area contributed by atoms with Crippen LogP contribution in [0.5, 0.6) is 0 Å². The quantitative estimate of drug-likeness (QED) is 0.640. The number of nitrogens with zero attached hydrogens (tertiary/aromatic N) is 2. The number of anilines is 1. The number of aryl methyl sites for hydroxylation is 2. The lowest BCUT2D eigenvalue weighted by Gasteiger charge is -2.08. The molecule has 0 amide bonds. The van der Waals surface area contributed by atoms with E-state index in [9.17, 15) is 0 Å². The fourth-order valence-electron chi connectivity index (χ4n) is 1.54. The predicted molar refractivity (Wildman–Crippen MR) is 74.5 cm³/mol. The third-order valence-corrected chi connectivity index (χ3v) is 2.65. The van der Waals surface area contributed by atoms with Gasteiger partial charge in [0.15, 0.2) is 11.0 Å². The van der Waals surface area contributed by atoms with Gasteiger partial charge in [-0.15, -0.1) is 0 Å². The zero-order valence-electron chi connectivity index (χ0n) is 10.2. The normalized spacial score (nSPS) is 10.3. The van der Waals surface area contributed by atoms with Gasteiger partial charge in [-0.1, -0.05) is 0 Å². The summed E-state index contributed by atoms with van der Waals surface area (Å²) in [5.74, 6) is 0.666. The standard InChI is InChI=1S/C12H16N4OS/c1-10-7-11(17-8-10)15-12(18)14-3-2-5-16-6-4-13-9-16/h4,6-9H,2-3,5H2,1H3,(H2,14,15,18). The molecule has 0 atom stereocenters. The van der Waals surface area contributed by atoms with Crippen LogP contribution in [0, 0.1) is 6.92 Å². The molecule has 0 aromatic carbocycles. The van der Waals surface area contributed by atoms with E-state index in [1.165, 1.54) is 0 Å². The number of hydrogen-bond donors (Lipinski definition) is 2. The summed E-state index contributed by atoms with van der Waals surface area (Å²) >= 11 is 5.16. The SMILES string of the molecule is Cc1coc(NC(=S)NCCCn2ccnc2)c1. The molecule has 0 bridgehead atoms. The first-order valence-electron chi connectivity index (χ1n) is 5.80. The number of aromatic nitrogens is 2. The van der Waals surface area contributed by atoms with Crippen molar-refractivity contribution in [3.8, 4) is 0 Å². The van der Waals surface area contributed by atoms with Gasteiger partial charge in [0.25, 0.3) is 0 Å². The lowest BCUT2D eigenvalue weighted by molar-refractivity contribution is 0.583. The van der Waals surface area contributed by atoms with Crippen LogP contribution in [0.4, 0.5) is 5.88 Å². The first-order chi connectivity index (χ1) is 8.74. The highest BCUT2D eigenvalue weighted by Gasteiger charge is 2.00. The molecule has 18 heavy (non-hydrogen) atoms. The zero-order valence-corrected chi connectivity index (χ0v) is 11.0. The second-order valence-corrected chi connectivity index (χ2v) is 4.43. The van der Waals surface area contributed by atoms with Crippen LogP contribution in [0.2, 0.25) is 0 Å². The summed E-state index contributed by atoms with van der Waals surface area (Å²) < 4.78 is 7.28. The lowest BCUT2D eigenvalue weighted by Crippen LogP contribution is -2.29. The molecule has 0 aliphatic heterocycles. The van der Waals surface area contributed by atoms with Crippen LogP contribution in [-0.2, 0) is 6.54 Å². The Morgan fingerprint density at radius 2 is 2.44 bits per heavy atom. The van der Waals surface area contributed by atoms with E-state index >= 15 is 0 Å². The summed E-state index contributed by atoms with van der Waals surface area (Å²) in [6.07, 6.45) is 8.20. The molecule has 5 nitrogen and oxygen atoms in total. The largest absolute Gasteiger partial charge is 0.448 e. The van der Waals surface area contributed by atoms with E-state index in [0.717, 1.165) is 25.1 Å². The molecule has 2 rings (SSSR count). The van der Waals surface area contributed by atoms with Crippen molar-refractivity contribution in [2.45, 2.75) is 19.9 Å². The van der Waals surface area contributed by atoms with Gasteiger partial charge in [-0.25, -0.2) is 4.98 Å². The monoisotopic (exact) mass is 264 g/mol. The molecule has 0 fully saturated rings. The Hall–Kier alpha value is -1.82. The van der Waals surface area contributed by atoms with Crippen LogP contribution >= 0.6 is 12.2 Å². The van der Waals surface area contributed by atoms with Crippen LogP contribution in [0.1, 0.15) is 12.0 Å². The highest BCUT2D eigenvalue weighted by Crippen LogP contribution is 2.11. The molecule has 0 unspecified atom stereocenters. The Bertz CT molecular complexity index is 492. The van der Waals surface area contributed by atoms with Gasteiger partial charge in [0.1, 0.15) is 0 Å². The van der Waals surface area contributed by atoms with E-state index in [2.05, 4.69) is 15.6 Å². The molecule has 2 aromatic rings. The van der Waals surface area contributed by atoms with Crippen molar-refractivity contribution in [2.75, 3.05) is 11.9 Å². The molecule has 0 saturated heterocycles. The van der Waals surface area contributed by atoms with Crippen molar-refractivity contribution < 1.29 is 4.42 Å². The van der Waals surface area contributed by atoms with Gasteiger partial charge in [0.2, 0.25) is 0 Å². The summed E-state index contributed by atoms with van der Waals surface area (Å²) in [6.45, 7) is 3.70. The van der Waals surface area contributed by atoms with Gasteiger partial charge in [0.05, 0.1) is 12.6 Å². The van der Waals surface area contributed by atoms with E-state index in [4.69, 9.17) is 16.6 Å². The number of imidazole rings is 1. The molecular weight excluding hydrogens is 248 g/mol. The average Bonchev–Trinajstić information content (AvgIpc) is 2.96. The maximum Gasteiger partial charge on any atom is 0.199 e. The zero-order chi connectivity index (χ0) is 12.8. The Morgan fingerprint density at radius 1 is 1.56 bits per heavy atom. The molecular formula is C12H16N4OS. The van der Waals surface area contributed by atoms with E-state index in [-0.39, 0.29) is 0 Å².